The van der Waals surface area contributed by atoms with E-state index in [0.29, 0.717) is 29.0 Å². The van der Waals surface area contributed by atoms with Gasteiger partial charge in [0, 0.05) is 37.9 Å². The number of pyridine rings is 1. The molecule has 1 aliphatic heterocycles. The van der Waals surface area contributed by atoms with Crippen LogP contribution in [0.25, 0.3) is 5.52 Å². The largest absolute Gasteiger partial charge is 0.481 e. The number of rotatable bonds is 4. The molecule has 1 saturated carbocycles. The Hall–Kier alpha value is -3.36. The maximum Gasteiger partial charge on any atom is 0.272 e. The van der Waals surface area contributed by atoms with Crippen LogP contribution in [0.1, 0.15) is 51.4 Å². The van der Waals surface area contributed by atoms with Crippen LogP contribution in [0.3, 0.4) is 0 Å². The number of aryl methyl sites for hydroxylation is 3. The first-order valence-corrected chi connectivity index (χ1v) is 11.5. The van der Waals surface area contributed by atoms with Gasteiger partial charge in [0.15, 0.2) is 5.69 Å². The number of ether oxygens (including phenoxy) is 1. The van der Waals surface area contributed by atoms with Crippen molar-refractivity contribution in [3.05, 3.63) is 46.9 Å². The lowest BCUT2D eigenvalue weighted by atomic mass is 9.79. The molecule has 33 heavy (non-hydrogen) atoms. The molecule has 3 aromatic heterocycles. The fraction of sp³-hybridized carbons (Fsp3) is 0.500. The van der Waals surface area contributed by atoms with Gasteiger partial charge in [0.1, 0.15) is 0 Å². The third kappa shape index (κ3) is 3.75. The molecule has 3 aromatic rings. The molecule has 4 heterocycles. The van der Waals surface area contributed by atoms with Crippen molar-refractivity contribution in [2.45, 2.75) is 39.2 Å². The predicted octanol–water partition coefficient (Wildman–Crippen LogP) is 2.36. The van der Waals surface area contributed by atoms with Gasteiger partial charge in [-0.05, 0) is 56.6 Å². The summed E-state index contributed by atoms with van der Waals surface area (Å²) in [5.41, 5.74) is 4.07. The molecule has 1 aliphatic carbocycles. The fourth-order valence-electron chi connectivity index (χ4n) is 5.35. The molecule has 2 fully saturated rings. The van der Waals surface area contributed by atoms with Gasteiger partial charge in [0.05, 0.1) is 24.4 Å². The summed E-state index contributed by atoms with van der Waals surface area (Å²) in [6, 6.07) is 5.75. The van der Waals surface area contributed by atoms with Gasteiger partial charge >= 0.3 is 0 Å². The summed E-state index contributed by atoms with van der Waals surface area (Å²) >= 11 is 0. The van der Waals surface area contributed by atoms with Crippen LogP contribution in [0.15, 0.2) is 24.4 Å². The van der Waals surface area contributed by atoms with Crippen molar-refractivity contribution in [1.82, 2.24) is 29.6 Å². The zero-order valence-electron chi connectivity index (χ0n) is 19.5. The van der Waals surface area contributed by atoms with Gasteiger partial charge in [-0.3, -0.25) is 9.59 Å². The zero-order valence-corrected chi connectivity index (χ0v) is 19.5. The van der Waals surface area contributed by atoms with Crippen molar-refractivity contribution in [1.29, 1.82) is 0 Å². The summed E-state index contributed by atoms with van der Waals surface area (Å²) in [5.74, 6) is 1.27. The normalized spacial score (nSPS) is 22.4. The molecule has 9 heteroatoms. The van der Waals surface area contributed by atoms with E-state index in [1.54, 1.807) is 31.1 Å². The Morgan fingerprint density at radius 3 is 2.70 bits per heavy atom. The van der Waals surface area contributed by atoms with Gasteiger partial charge in [-0.1, -0.05) is 6.07 Å². The van der Waals surface area contributed by atoms with Gasteiger partial charge in [0.25, 0.3) is 11.8 Å². The van der Waals surface area contributed by atoms with Crippen LogP contribution in [-0.4, -0.2) is 62.3 Å². The van der Waals surface area contributed by atoms with E-state index in [1.165, 1.54) is 0 Å². The van der Waals surface area contributed by atoms with Crippen molar-refractivity contribution in [2.24, 2.45) is 18.9 Å². The minimum absolute atomic E-state index is 0.0452. The van der Waals surface area contributed by atoms with Gasteiger partial charge in [0.2, 0.25) is 5.88 Å². The molecule has 0 aromatic carbocycles. The Labute approximate surface area is 192 Å². The lowest BCUT2D eigenvalue weighted by molar-refractivity contribution is 0.0784. The second-order valence-corrected chi connectivity index (χ2v) is 9.37. The molecule has 1 N–H and O–H groups in total. The quantitative estimate of drug-likeness (QED) is 0.659. The minimum Gasteiger partial charge on any atom is -0.481 e. The van der Waals surface area contributed by atoms with E-state index in [1.807, 2.05) is 35.4 Å². The third-order valence-electron chi connectivity index (χ3n) is 7.37. The molecule has 0 spiro atoms. The van der Waals surface area contributed by atoms with Crippen LogP contribution in [0.2, 0.25) is 0 Å². The molecular formula is C24H30N6O3. The summed E-state index contributed by atoms with van der Waals surface area (Å²) in [7, 11) is 3.31. The number of hydrogen-bond acceptors (Lipinski definition) is 5. The van der Waals surface area contributed by atoms with Gasteiger partial charge in [-0.2, -0.15) is 10.2 Å². The average Bonchev–Trinajstić information content (AvgIpc) is 3.51. The molecule has 0 bridgehead atoms. The number of carbonyl (C=O) groups is 2. The van der Waals surface area contributed by atoms with Crippen LogP contribution in [0, 0.1) is 25.7 Å². The van der Waals surface area contributed by atoms with Crippen LogP contribution in [-0.2, 0) is 7.05 Å². The van der Waals surface area contributed by atoms with Crippen LogP contribution < -0.4 is 10.1 Å². The van der Waals surface area contributed by atoms with Crippen molar-refractivity contribution >= 4 is 17.3 Å². The number of nitrogens with one attached hydrogen (secondary N) is 1. The average molecular weight is 451 g/mol. The van der Waals surface area contributed by atoms with E-state index in [2.05, 4.69) is 15.5 Å². The maximum absolute atomic E-state index is 13.3. The summed E-state index contributed by atoms with van der Waals surface area (Å²) in [5, 5.41) is 11.8. The van der Waals surface area contributed by atoms with E-state index in [4.69, 9.17) is 4.74 Å². The molecular weight excluding hydrogens is 420 g/mol. The highest BCUT2D eigenvalue weighted by Gasteiger charge is 2.40. The van der Waals surface area contributed by atoms with Crippen molar-refractivity contribution in [3.8, 4) is 5.88 Å². The van der Waals surface area contributed by atoms with Crippen LogP contribution >= 0.6 is 0 Å². The monoisotopic (exact) mass is 450 g/mol. The number of fused-ring (bicyclic) bond motifs is 2. The highest BCUT2D eigenvalue weighted by molar-refractivity contribution is 6.00. The van der Waals surface area contributed by atoms with Crippen LogP contribution in [0.5, 0.6) is 5.88 Å². The number of amides is 2. The summed E-state index contributed by atoms with van der Waals surface area (Å²) < 4.78 is 8.61. The lowest BCUT2D eigenvalue weighted by Crippen LogP contribution is -2.40. The second-order valence-electron chi connectivity index (χ2n) is 9.37. The number of carbonyl (C=O) groups excluding carboxylic acids is 2. The lowest BCUT2D eigenvalue weighted by Gasteiger charge is -2.31. The first kappa shape index (κ1) is 21.5. The molecule has 9 nitrogen and oxygen atoms in total. The number of likely N-dealkylation sites (tertiary alicyclic amines) is 1. The smallest absolute Gasteiger partial charge is 0.272 e. The Kier molecular flexibility index (Phi) is 5.34. The summed E-state index contributed by atoms with van der Waals surface area (Å²) in [6.45, 7) is 5.55. The van der Waals surface area contributed by atoms with Gasteiger partial charge < -0.3 is 15.0 Å². The maximum atomic E-state index is 13.3. The molecule has 0 radical (unpaired) electrons. The first-order valence-electron chi connectivity index (χ1n) is 11.5. The Balaban J connectivity index is 1.25. The molecule has 3 atom stereocenters. The molecule has 3 unspecified atom stereocenters. The number of methoxy groups -OCH3 is 1. The molecule has 5 rings (SSSR count). The van der Waals surface area contributed by atoms with E-state index in [0.717, 1.165) is 49.1 Å². The molecule has 2 amide bonds. The number of nitrogens with zero attached hydrogens (tertiary/aromatic N) is 5. The number of hydrogen-bond donors (Lipinski definition) is 1. The summed E-state index contributed by atoms with van der Waals surface area (Å²) in [4.78, 5) is 28.0. The Bertz CT molecular complexity index is 1230. The molecule has 174 valence electrons. The number of aromatic nitrogens is 4. The highest BCUT2D eigenvalue weighted by Crippen LogP contribution is 2.37. The van der Waals surface area contributed by atoms with Crippen molar-refractivity contribution in [3.63, 3.8) is 0 Å². The van der Waals surface area contributed by atoms with Gasteiger partial charge in [-0.15, -0.1) is 0 Å². The first-order chi connectivity index (χ1) is 15.9. The Morgan fingerprint density at radius 2 is 1.94 bits per heavy atom. The van der Waals surface area contributed by atoms with Crippen molar-refractivity contribution in [2.75, 3.05) is 20.2 Å². The Morgan fingerprint density at radius 1 is 1.15 bits per heavy atom. The standard InChI is InChI=1S/C24H30N6O3/c1-14-5-8-21-19(11-25-30(21)15(14)2)24(32)29-12-16-6-7-18(9-17(16)13-29)26-23(31)20-10-22(33-4)28(3)27-20/h5,8,10-11,16-18H,6-7,9,12-13H2,1-4H3,(H,26,31). The zero-order chi connectivity index (χ0) is 23.3. The van der Waals surface area contributed by atoms with E-state index in [9.17, 15) is 9.59 Å². The van der Waals surface area contributed by atoms with E-state index < -0.39 is 0 Å². The molecule has 2 aliphatic rings. The fourth-order valence-corrected chi connectivity index (χ4v) is 5.35. The van der Waals surface area contributed by atoms with E-state index >= 15 is 0 Å². The van der Waals surface area contributed by atoms with Crippen LogP contribution in [0.4, 0.5) is 0 Å². The minimum atomic E-state index is -0.180. The van der Waals surface area contributed by atoms with Gasteiger partial charge in [-0.25, -0.2) is 9.20 Å². The second kappa shape index (κ2) is 8.20. The third-order valence-corrected chi connectivity index (χ3v) is 7.37. The summed E-state index contributed by atoms with van der Waals surface area (Å²) in [6.07, 6.45) is 4.47. The topological polar surface area (TPSA) is 93.8 Å². The van der Waals surface area contributed by atoms with E-state index in [-0.39, 0.29) is 17.9 Å². The van der Waals surface area contributed by atoms with Crippen molar-refractivity contribution < 1.29 is 14.3 Å². The highest BCUT2D eigenvalue weighted by atomic mass is 16.5. The predicted molar refractivity (Wildman–Crippen MR) is 122 cm³/mol. The SMILES string of the molecule is COc1cc(C(=O)NC2CCC3CN(C(=O)c4cnn5c(C)c(C)ccc45)CC3C2)nn1C. The molecule has 1 saturated heterocycles.